The summed E-state index contributed by atoms with van der Waals surface area (Å²) < 4.78 is 6.50. The Hall–Kier alpha value is -4.45. The highest BCUT2D eigenvalue weighted by atomic mass is 32.1. The van der Waals surface area contributed by atoms with Crippen molar-refractivity contribution in [2.75, 3.05) is 7.11 Å². The van der Waals surface area contributed by atoms with Crippen LogP contribution in [0, 0.1) is 20.2 Å². The number of thiazole rings is 1. The first-order valence-corrected chi connectivity index (χ1v) is 10.6. The Balaban J connectivity index is 1.94. The van der Waals surface area contributed by atoms with Gasteiger partial charge >= 0.3 is 5.97 Å². The molecule has 11 nitrogen and oxygen atoms in total. The number of carbonyl (C=O) groups is 1. The zero-order valence-corrected chi connectivity index (χ0v) is 18.6. The van der Waals surface area contributed by atoms with Crippen LogP contribution < -0.4 is 14.9 Å². The van der Waals surface area contributed by atoms with E-state index in [1.807, 2.05) is 0 Å². The molecule has 0 bridgehead atoms. The number of nitrogens with zero attached hydrogens (tertiary/aromatic N) is 4. The number of carbonyl (C=O) groups excluding carboxylic acids is 1. The van der Waals surface area contributed by atoms with Crippen molar-refractivity contribution >= 4 is 34.8 Å². The minimum Gasteiger partial charge on any atom is -0.466 e. The monoisotopic (exact) mass is 480 g/mol. The lowest BCUT2D eigenvalue weighted by atomic mass is 9.96. The fourth-order valence-corrected chi connectivity index (χ4v) is 4.71. The van der Waals surface area contributed by atoms with E-state index in [1.165, 1.54) is 60.2 Å². The Morgan fingerprint density at radius 2 is 1.79 bits per heavy atom. The molecule has 2 heterocycles. The maximum absolute atomic E-state index is 13.4. The summed E-state index contributed by atoms with van der Waals surface area (Å²) in [6, 6.07) is 10.4. The Bertz CT molecular complexity index is 1550. The Morgan fingerprint density at radius 3 is 2.41 bits per heavy atom. The average Bonchev–Trinajstić information content (AvgIpc) is 3.12. The zero-order valence-electron chi connectivity index (χ0n) is 17.8. The summed E-state index contributed by atoms with van der Waals surface area (Å²) in [5.41, 5.74) is 0.673. The number of rotatable bonds is 5. The maximum Gasteiger partial charge on any atom is 0.338 e. The number of hydrogen-bond donors (Lipinski definition) is 0. The largest absolute Gasteiger partial charge is 0.466 e. The summed E-state index contributed by atoms with van der Waals surface area (Å²) in [5.74, 6) is -0.683. The number of non-ortho nitro benzene ring substituents is 2. The lowest BCUT2D eigenvalue weighted by molar-refractivity contribution is -0.385. The fourth-order valence-electron chi connectivity index (χ4n) is 3.67. The number of fused-ring (bicyclic) bond motifs is 1. The van der Waals surface area contributed by atoms with Crippen LogP contribution in [0.2, 0.25) is 0 Å². The number of aromatic nitrogens is 1. The predicted octanol–water partition coefficient (Wildman–Crippen LogP) is 2.22. The molecular weight excluding hydrogens is 464 g/mol. The van der Waals surface area contributed by atoms with Gasteiger partial charge in [0.2, 0.25) is 0 Å². The number of benzene rings is 2. The van der Waals surface area contributed by atoms with Crippen molar-refractivity contribution in [1.29, 1.82) is 0 Å². The fraction of sp³-hybridized carbons (Fsp3) is 0.136. The van der Waals surface area contributed by atoms with Gasteiger partial charge in [-0.25, -0.2) is 9.79 Å². The second kappa shape index (κ2) is 8.83. The zero-order chi connectivity index (χ0) is 24.6. The summed E-state index contributed by atoms with van der Waals surface area (Å²) in [4.78, 5) is 51.8. The molecule has 0 amide bonds. The Morgan fingerprint density at radius 1 is 1.12 bits per heavy atom. The molecule has 1 aliphatic heterocycles. The van der Waals surface area contributed by atoms with Gasteiger partial charge in [-0.15, -0.1) is 0 Å². The van der Waals surface area contributed by atoms with Gasteiger partial charge in [0.05, 0.1) is 38.8 Å². The summed E-state index contributed by atoms with van der Waals surface area (Å²) in [6.07, 6.45) is 1.51. The van der Waals surface area contributed by atoms with Gasteiger partial charge in [0.15, 0.2) is 4.80 Å². The molecule has 1 aliphatic rings. The van der Waals surface area contributed by atoms with Gasteiger partial charge in [-0.2, -0.15) is 0 Å². The normalized spacial score (nSPS) is 15.5. The molecule has 0 radical (unpaired) electrons. The third-order valence-electron chi connectivity index (χ3n) is 5.23. The average molecular weight is 480 g/mol. The predicted molar refractivity (Wildman–Crippen MR) is 122 cm³/mol. The summed E-state index contributed by atoms with van der Waals surface area (Å²) >= 11 is 1.07. The van der Waals surface area contributed by atoms with Gasteiger partial charge in [0, 0.05) is 24.3 Å². The minimum atomic E-state index is -0.920. The van der Waals surface area contributed by atoms with E-state index < -0.39 is 27.4 Å². The van der Waals surface area contributed by atoms with Crippen LogP contribution in [0.1, 0.15) is 24.1 Å². The first-order valence-electron chi connectivity index (χ1n) is 9.81. The second-order valence-electron chi connectivity index (χ2n) is 7.27. The van der Waals surface area contributed by atoms with Crippen molar-refractivity contribution < 1.29 is 19.4 Å². The summed E-state index contributed by atoms with van der Waals surface area (Å²) in [5, 5.41) is 22.1. The molecule has 1 unspecified atom stereocenters. The molecule has 0 fully saturated rings. The van der Waals surface area contributed by atoms with Gasteiger partial charge in [-0.05, 0) is 36.3 Å². The van der Waals surface area contributed by atoms with E-state index in [0.717, 1.165) is 11.3 Å². The van der Waals surface area contributed by atoms with Crippen molar-refractivity contribution in [3.8, 4) is 0 Å². The molecule has 1 atom stereocenters. The highest BCUT2D eigenvalue weighted by Gasteiger charge is 2.33. The summed E-state index contributed by atoms with van der Waals surface area (Å²) in [6.45, 7) is 1.61. The molecule has 4 rings (SSSR count). The number of methoxy groups -OCH3 is 1. The molecule has 0 spiro atoms. The van der Waals surface area contributed by atoms with Gasteiger partial charge in [0.1, 0.15) is 0 Å². The van der Waals surface area contributed by atoms with E-state index in [2.05, 4.69) is 4.99 Å². The lowest BCUT2D eigenvalue weighted by Gasteiger charge is -2.24. The molecular formula is C22H16N4O7S. The molecule has 0 saturated heterocycles. The van der Waals surface area contributed by atoms with E-state index in [4.69, 9.17) is 4.74 Å². The summed E-state index contributed by atoms with van der Waals surface area (Å²) in [7, 11) is 1.21. The van der Waals surface area contributed by atoms with Crippen molar-refractivity contribution in [3.63, 3.8) is 0 Å². The molecule has 0 saturated carbocycles. The van der Waals surface area contributed by atoms with E-state index in [1.54, 1.807) is 13.0 Å². The quantitative estimate of drug-likeness (QED) is 0.309. The van der Waals surface area contributed by atoms with Crippen molar-refractivity contribution in [3.05, 3.63) is 111 Å². The molecule has 0 N–H and O–H groups in total. The van der Waals surface area contributed by atoms with Gasteiger partial charge < -0.3 is 4.74 Å². The SMILES string of the molecule is COC(=O)C1=C(C)N=c2sc(=Cc3cccc([N+](=O)[O-])c3)c(=O)n2C1c1ccc([N+](=O)[O-])cc1. The first-order chi connectivity index (χ1) is 16.2. The van der Waals surface area contributed by atoms with Crippen LogP contribution in [0.25, 0.3) is 6.08 Å². The van der Waals surface area contributed by atoms with Crippen molar-refractivity contribution in [2.24, 2.45) is 4.99 Å². The van der Waals surface area contributed by atoms with Gasteiger partial charge in [-0.3, -0.25) is 29.6 Å². The Labute approximate surface area is 194 Å². The second-order valence-corrected chi connectivity index (χ2v) is 8.28. The standard InChI is InChI=1S/C22H16N4O7S/c1-12-18(21(28)33-2)19(14-6-8-15(9-7-14)25(29)30)24-20(27)17(34-22(24)23-12)11-13-4-3-5-16(10-13)26(31)32/h3-11,19H,1-2H3. The minimum absolute atomic E-state index is 0.117. The number of nitro benzene ring substituents is 2. The third kappa shape index (κ3) is 4.01. The van der Waals surface area contributed by atoms with Gasteiger partial charge in [0.25, 0.3) is 16.9 Å². The molecule has 1 aromatic heterocycles. The molecule has 0 aliphatic carbocycles. The van der Waals surface area contributed by atoms with Crippen LogP contribution in [0.5, 0.6) is 0 Å². The van der Waals surface area contributed by atoms with Crippen LogP contribution in [0.4, 0.5) is 11.4 Å². The Kier molecular flexibility index (Phi) is 5.90. The van der Waals surface area contributed by atoms with E-state index in [0.29, 0.717) is 21.6 Å². The smallest absolute Gasteiger partial charge is 0.338 e. The van der Waals surface area contributed by atoms with Crippen LogP contribution >= 0.6 is 11.3 Å². The van der Waals surface area contributed by atoms with E-state index in [-0.39, 0.29) is 21.5 Å². The molecule has 2 aromatic carbocycles. The number of ether oxygens (including phenoxy) is 1. The molecule has 34 heavy (non-hydrogen) atoms. The lowest BCUT2D eigenvalue weighted by Crippen LogP contribution is -2.39. The van der Waals surface area contributed by atoms with Crippen LogP contribution in [-0.4, -0.2) is 27.5 Å². The van der Waals surface area contributed by atoms with E-state index in [9.17, 15) is 29.8 Å². The van der Waals surface area contributed by atoms with Crippen LogP contribution in [0.3, 0.4) is 0 Å². The maximum atomic E-state index is 13.4. The highest BCUT2D eigenvalue weighted by Crippen LogP contribution is 2.31. The number of esters is 1. The van der Waals surface area contributed by atoms with E-state index >= 15 is 0 Å². The van der Waals surface area contributed by atoms with Crippen molar-refractivity contribution in [2.45, 2.75) is 13.0 Å². The number of hydrogen-bond acceptors (Lipinski definition) is 9. The van der Waals surface area contributed by atoms with Gasteiger partial charge in [-0.1, -0.05) is 23.5 Å². The highest BCUT2D eigenvalue weighted by molar-refractivity contribution is 7.07. The van der Waals surface area contributed by atoms with Crippen LogP contribution in [0.15, 0.2) is 69.6 Å². The first kappa shape index (κ1) is 22.7. The van der Waals surface area contributed by atoms with Crippen molar-refractivity contribution in [1.82, 2.24) is 4.57 Å². The topological polar surface area (TPSA) is 147 Å². The molecule has 172 valence electrons. The number of nitro groups is 2. The molecule has 3 aromatic rings. The molecule has 12 heteroatoms. The van der Waals surface area contributed by atoms with Crippen LogP contribution in [-0.2, 0) is 9.53 Å². The number of allylic oxidation sites excluding steroid dienone is 1. The third-order valence-corrected chi connectivity index (χ3v) is 6.21.